The van der Waals surface area contributed by atoms with E-state index in [1.165, 1.54) is 0 Å². The van der Waals surface area contributed by atoms with E-state index in [2.05, 4.69) is 0 Å². The Bertz CT molecular complexity index is 966. The Labute approximate surface area is 167 Å². The quantitative estimate of drug-likeness (QED) is 0.535. The van der Waals surface area contributed by atoms with Gasteiger partial charge in [-0.1, -0.05) is 30.3 Å². The number of rotatable bonds is 6. The van der Waals surface area contributed by atoms with Gasteiger partial charge in [0.25, 0.3) is 11.1 Å². The van der Waals surface area contributed by atoms with Crippen molar-refractivity contribution >= 4 is 45.7 Å². The van der Waals surface area contributed by atoms with Crippen molar-refractivity contribution < 1.29 is 23.9 Å². The highest BCUT2D eigenvalue weighted by Gasteiger charge is 2.37. The molecule has 28 heavy (non-hydrogen) atoms. The first-order valence-corrected chi connectivity index (χ1v) is 9.81. The van der Waals surface area contributed by atoms with Crippen LogP contribution in [-0.4, -0.2) is 41.3 Å². The van der Waals surface area contributed by atoms with Crippen LogP contribution in [0.1, 0.15) is 26.3 Å². The predicted molar refractivity (Wildman–Crippen MR) is 109 cm³/mol. The van der Waals surface area contributed by atoms with Crippen molar-refractivity contribution in [3.8, 4) is 5.75 Å². The Hall–Kier alpha value is -2.80. The molecule has 0 saturated carbocycles. The summed E-state index contributed by atoms with van der Waals surface area (Å²) in [5.74, 6) is -0.489. The maximum atomic E-state index is 12.7. The monoisotopic (exact) mass is 399 g/mol. The van der Waals surface area contributed by atoms with Crippen LogP contribution in [0, 0.1) is 0 Å². The summed E-state index contributed by atoms with van der Waals surface area (Å²) >= 11 is 0.808. The molecule has 0 atom stereocenters. The molecule has 0 aromatic heterocycles. The lowest BCUT2D eigenvalue weighted by molar-refractivity contribution is -0.149. The van der Waals surface area contributed by atoms with Crippen LogP contribution in [0.25, 0.3) is 16.8 Å². The normalized spacial score (nSPS) is 15.7. The van der Waals surface area contributed by atoms with Crippen molar-refractivity contribution in [1.82, 2.24) is 4.90 Å². The highest BCUT2D eigenvalue weighted by Crippen LogP contribution is 2.36. The van der Waals surface area contributed by atoms with Crippen LogP contribution in [0.3, 0.4) is 0 Å². The van der Waals surface area contributed by atoms with Gasteiger partial charge < -0.3 is 9.47 Å². The molecule has 0 N–H and O–H groups in total. The highest BCUT2D eigenvalue weighted by atomic mass is 32.2. The standard InChI is InChI=1S/C21H21NO5S/c1-4-26-17-10-9-14-7-5-6-8-15(14)16(17)11-18-20(24)22(21(25)28-18)12-19(23)27-13(2)3/h5-11,13H,4,12H2,1-3H3/b18-11+. The molecule has 3 rings (SSSR count). The summed E-state index contributed by atoms with van der Waals surface area (Å²) in [6.07, 6.45) is 1.35. The second-order valence-corrected chi connectivity index (χ2v) is 7.43. The van der Waals surface area contributed by atoms with Gasteiger partial charge >= 0.3 is 5.97 Å². The van der Waals surface area contributed by atoms with Crippen molar-refractivity contribution in [3.05, 3.63) is 46.9 Å². The molecule has 146 valence electrons. The third-order valence-electron chi connectivity index (χ3n) is 4.03. The summed E-state index contributed by atoms with van der Waals surface area (Å²) in [5, 5.41) is 1.42. The number of amides is 2. The molecule has 1 aliphatic heterocycles. The Morgan fingerprint density at radius 2 is 1.93 bits per heavy atom. The number of thioether (sulfide) groups is 1. The fraction of sp³-hybridized carbons (Fsp3) is 0.286. The maximum absolute atomic E-state index is 12.7. The first-order chi connectivity index (χ1) is 13.4. The van der Waals surface area contributed by atoms with E-state index in [0.29, 0.717) is 12.4 Å². The third kappa shape index (κ3) is 4.20. The Morgan fingerprint density at radius 1 is 1.18 bits per heavy atom. The van der Waals surface area contributed by atoms with Gasteiger partial charge in [-0.3, -0.25) is 19.3 Å². The zero-order valence-corrected chi connectivity index (χ0v) is 16.7. The number of hydrogen-bond donors (Lipinski definition) is 0. The van der Waals surface area contributed by atoms with Gasteiger partial charge in [-0.2, -0.15) is 0 Å². The van der Waals surface area contributed by atoms with Crippen molar-refractivity contribution in [2.75, 3.05) is 13.2 Å². The fourth-order valence-electron chi connectivity index (χ4n) is 2.90. The minimum absolute atomic E-state index is 0.250. The van der Waals surface area contributed by atoms with Crippen LogP contribution in [-0.2, 0) is 14.3 Å². The molecule has 0 aliphatic carbocycles. The van der Waals surface area contributed by atoms with E-state index >= 15 is 0 Å². The molecule has 1 fully saturated rings. The molecule has 1 heterocycles. The van der Waals surface area contributed by atoms with Gasteiger partial charge in [0.15, 0.2) is 0 Å². The van der Waals surface area contributed by atoms with Crippen LogP contribution < -0.4 is 4.74 Å². The summed E-state index contributed by atoms with van der Waals surface area (Å²) in [6, 6.07) is 11.5. The van der Waals surface area contributed by atoms with Crippen LogP contribution >= 0.6 is 11.8 Å². The largest absolute Gasteiger partial charge is 0.493 e. The van der Waals surface area contributed by atoms with E-state index in [9.17, 15) is 14.4 Å². The molecule has 2 amide bonds. The molecule has 2 aromatic carbocycles. The van der Waals surface area contributed by atoms with Gasteiger partial charge in [0.2, 0.25) is 0 Å². The summed E-state index contributed by atoms with van der Waals surface area (Å²) in [6.45, 7) is 5.38. The number of esters is 1. The lowest BCUT2D eigenvalue weighted by Crippen LogP contribution is -2.35. The summed E-state index contributed by atoms with van der Waals surface area (Å²) in [4.78, 5) is 38.0. The SMILES string of the molecule is CCOc1ccc2ccccc2c1/C=C1/SC(=O)N(CC(=O)OC(C)C)C1=O. The molecule has 1 saturated heterocycles. The lowest BCUT2D eigenvalue weighted by atomic mass is 10.0. The molecule has 0 radical (unpaired) electrons. The molecule has 1 aliphatic rings. The summed E-state index contributed by atoms with van der Waals surface area (Å²) in [7, 11) is 0. The number of benzene rings is 2. The Morgan fingerprint density at radius 3 is 2.64 bits per heavy atom. The van der Waals surface area contributed by atoms with Gasteiger partial charge in [0, 0.05) is 5.56 Å². The average molecular weight is 399 g/mol. The van der Waals surface area contributed by atoms with Crippen molar-refractivity contribution in [3.63, 3.8) is 0 Å². The minimum atomic E-state index is -0.612. The zero-order chi connectivity index (χ0) is 20.3. The number of fused-ring (bicyclic) bond motifs is 1. The van der Waals surface area contributed by atoms with E-state index in [0.717, 1.165) is 33.0 Å². The van der Waals surface area contributed by atoms with Crippen LogP contribution in [0.15, 0.2) is 41.3 Å². The minimum Gasteiger partial charge on any atom is -0.493 e. The molecule has 7 heteroatoms. The first kappa shape index (κ1) is 19.9. The van der Waals surface area contributed by atoms with E-state index in [-0.39, 0.29) is 11.0 Å². The van der Waals surface area contributed by atoms with Crippen LogP contribution in [0.2, 0.25) is 0 Å². The molecule has 0 bridgehead atoms. The number of nitrogens with zero attached hydrogens (tertiary/aromatic N) is 1. The van der Waals surface area contributed by atoms with E-state index in [1.54, 1.807) is 19.9 Å². The number of carbonyl (C=O) groups is 3. The molecular weight excluding hydrogens is 378 g/mol. The van der Waals surface area contributed by atoms with Crippen LogP contribution in [0.4, 0.5) is 4.79 Å². The number of ether oxygens (including phenoxy) is 2. The first-order valence-electron chi connectivity index (χ1n) is 9.00. The Kier molecular flexibility index (Phi) is 6.04. The van der Waals surface area contributed by atoms with Gasteiger partial charge in [-0.25, -0.2) is 0 Å². The van der Waals surface area contributed by atoms with E-state index < -0.39 is 23.7 Å². The zero-order valence-electron chi connectivity index (χ0n) is 15.9. The molecule has 0 unspecified atom stereocenters. The van der Waals surface area contributed by atoms with Crippen molar-refractivity contribution in [2.24, 2.45) is 0 Å². The fourth-order valence-corrected chi connectivity index (χ4v) is 3.72. The third-order valence-corrected chi connectivity index (χ3v) is 4.94. The van der Waals surface area contributed by atoms with Gasteiger partial charge in [0.05, 0.1) is 17.6 Å². The second-order valence-electron chi connectivity index (χ2n) is 6.44. The summed E-state index contributed by atoms with van der Waals surface area (Å²) < 4.78 is 10.8. The highest BCUT2D eigenvalue weighted by molar-refractivity contribution is 8.18. The second kappa shape index (κ2) is 8.48. The molecule has 0 spiro atoms. The molecule has 6 nitrogen and oxygen atoms in total. The number of imide groups is 1. The average Bonchev–Trinajstić information content (AvgIpc) is 2.90. The topological polar surface area (TPSA) is 72.9 Å². The maximum Gasteiger partial charge on any atom is 0.326 e. The Balaban J connectivity index is 1.96. The smallest absolute Gasteiger partial charge is 0.326 e. The van der Waals surface area contributed by atoms with E-state index in [4.69, 9.17) is 9.47 Å². The predicted octanol–water partition coefficient (Wildman–Crippen LogP) is 4.23. The van der Waals surface area contributed by atoms with Crippen molar-refractivity contribution in [2.45, 2.75) is 26.9 Å². The van der Waals surface area contributed by atoms with E-state index in [1.807, 2.05) is 43.3 Å². The van der Waals surface area contributed by atoms with Gasteiger partial charge in [-0.05, 0) is 55.4 Å². The number of carbonyl (C=O) groups excluding carboxylic acids is 3. The molecule has 2 aromatic rings. The lowest BCUT2D eigenvalue weighted by Gasteiger charge is -2.13. The number of hydrogen-bond acceptors (Lipinski definition) is 6. The van der Waals surface area contributed by atoms with Gasteiger partial charge in [0.1, 0.15) is 12.3 Å². The summed E-state index contributed by atoms with van der Waals surface area (Å²) in [5.41, 5.74) is 0.732. The van der Waals surface area contributed by atoms with Crippen LogP contribution in [0.5, 0.6) is 5.75 Å². The van der Waals surface area contributed by atoms with Crippen molar-refractivity contribution in [1.29, 1.82) is 0 Å². The van der Waals surface area contributed by atoms with Gasteiger partial charge in [-0.15, -0.1) is 0 Å². The molecular formula is C21H21NO5S.